The van der Waals surface area contributed by atoms with Gasteiger partial charge >= 0.3 is 0 Å². The number of sulfonamides is 1. The van der Waals surface area contributed by atoms with Crippen LogP contribution in [0.1, 0.15) is 12.0 Å². The van der Waals surface area contributed by atoms with Crippen molar-refractivity contribution in [2.45, 2.75) is 23.9 Å². The maximum atomic E-state index is 12.1. The van der Waals surface area contributed by atoms with Gasteiger partial charge in [-0.25, -0.2) is 13.1 Å². The first kappa shape index (κ1) is 14.3. The Kier molecular flexibility index (Phi) is 4.10. The summed E-state index contributed by atoms with van der Waals surface area (Å²) < 4.78 is 26.8. The number of nitrogens with two attached hydrogens (primary N) is 1. The average Bonchev–Trinajstić information content (AvgIpc) is 2.73. The van der Waals surface area contributed by atoms with Crippen LogP contribution in [-0.2, 0) is 21.4 Å². The molecular formula is C11H14ClN3O3S. The fourth-order valence-corrected chi connectivity index (χ4v) is 3.66. The lowest BCUT2D eigenvalue weighted by Gasteiger charge is -2.12. The molecule has 0 spiro atoms. The van der Waals surface area contributed by atoms with Crippen LogP contribution >= 0.6 is 11.6 Å². The Morgan fingerprint density at radius 3 is 2.74 bits per heavy atom. The van der Waals surface area contributed by atoms with Gasteiger partial charge in [0.05, 0.1) is 5.02 Å². The van der Waals surface area contributed by atoms with E-state index in [9.17, 15) is 13.2 Å². The number of hydrogen-bond acceptors (Lipinski definition) is 4. The molecule has 104 valence electrons. The van der Waals surface area contributed by atoms with E-state index >= 15 is 0 Å². The zero-order chi connectivity index (χ0) is 14.0. The standard InChI is InChI=1S/C11H14ClN3O3S/c12-9-3-7(5-13)1-2-10(9)19(17,18)15-8-4-11(16)14-6-8/h1-3,8,15H,4-6,13H2,(H,14,16). The molecule has 4 N–H and O–H groups in total. The minimum absolute atomic E-state index is 0.00860. The van der Waals surface area contributed by atoms with Crippen molar-refractivity contribution in [3.05, 3.63) is 28.8 Å². The predicted octanol–water partition coefficient (Wildman–Crippen LogP) is -0.0345. The van der Waals surface area contributed by atoms with E-state index in [2.05, 4.69) is 10.0 Å². The van der Waals surface area contributed by atoms with E-state index in [-0.39, 0.29) is 35.3 Å². The zero-order valence-electron chi connectivity index (χ0n) is 10.0. The Labute approximate surface area is 116 Å². The van der Waals surface area contributed by atoms with Gasteiger partial charge in [-0.05, 0) is 17.7 Å². The summed E-state index contributed by atoms with van der Waals surface area (Å²) in [6, 6.07) is 4.10. The second-order valence-corrected chi connectivity index (χ2v) is 6.38. The topological polar surface area (TPSA) is 101 Å². The largest absolute Gasteiger partial charge is 0.354 e. The molecule has 1 saturated heterocycles. The van der Waals surface area contributed by atoms with E-state index in [1.54, 1.807) is 6.07 Å². The van der Waals surface area contributed by atoms with Crippen LogP contribution in [0.25, 0.3) is 0 Å². The Balaban J connectivity index is 2.22. The van der Waals surface area contributed by atoms with Crippen LogP contribution in [0.2, 0.25) is 5.02 Å². The van der Waals surface area contributed by atoms with Crippen LogP contribution in [0.5, 0.6) is 0 Å². The molecule has 1 aliphatic heterocycles. The maximum Gasteiger partial charge on any atom is 0.242 e. The second-order valence-electron chi connectivity index (χ2n) is 4.30. The number of benzene rings is 1. The molecule has 2 rings (SSSR count). The molecule has 0 radical (unpaired) electrons. The maximum absolute atomic E-state index is 12.1. The highest BCUT2D eigenvalue weighted by Gasteiger charge is 2.27. The van der Waals surface area contributed by atoms with Crippen LogP contribution in [0.15, 0.2) is 23.1 Å². The van der Waals surface area contributed by atoms with E-state index in [1.165, 1.54) is 12.1 Å². The quantitative estimate of drug-likeness (QED) is 0.727. The van der Waals surface area contributed by atoms with E-state index in [4.69, 9.17) is 17.3 Å². The highest BCUT2D eigenvalue weighted by Crippen LogP contribution is 2.23. The number of hydrogen-bond donors (Lipinski definition) is 3. The Hall–Kier alpha value is -1.15. The molecule has 0 aromatic heterocycles. The molecule has 1 fully saturated rings. The van der Waals surface area contributed by atoms with Gasteiger partial charge in [-0.1, -0.05) is 17.7 Å². The van der Waals surface area contributed by atoms with Gasteiger partial charge in [-0.15, -0.1) is 0 Å². The molecule has 0 bridgehead atoms. The molecule has 1 amide bonds. The number of amides is 1. The zero-order valence-corrected chi connectivity index (χ0v) is 11.6. The van der Waals surface area contributed by atoms with Gasteiger partial charge in [-0.3, -0.25) is 4.79 Å². The summed E-state index contributed by atoms with van der Waals surface area (Å²) in [6.45, 7) is 0.574. The Morgan fingerprint density at radius 2 is 2.21 bits per heavy atom. The molecule has 1 atom stereocenters. The summed E-state index contributed by atoms with van der Waals surface area (Å²) in [5.74, 6) is -0.169. The van der Waals surface area contributed by atoms with Crippen molar-refractivity contribution in [1.29, 1.82) is 0 Å². The monoisotopic (exact) mass is 303 g/mol. The Morgan fingerprint density at radius 1 is 1.47 bits per heavy atom. The number of carbonyl (C=O) groups is 1. The average molecular weight is 304 g/mol. The summed E-state index contributed by atoms with van der Waals surface area (Å²) >= 11 is 5.95. The lowest BCUT2D eigenvalue weighted by Crippen LogP contribution is -2.36. The minimum Gasteiger partial charge on any atom is -0.354 e. The second kappa shape index (κ2) is 5.46. The fraction of sp³-hybridized carbons (Fsp3) is 0.364. The van der Waals surface area contributed by atoms with Crippen molar-refractivity contribution in [2.75, 3.05) is 6.54 Å². The third kappa shape index (κ3) is 3.24. The lowest BCUT2D eigenvalue weighted by atomic mass is 10.2. The molecule has 1 aliphatic rings. The number of nitrogens with one attached hydrogen (secondary N) is 2. The molecule has 8 heteroatoms. The first-order valence-corrected chi connectivity index (χ1v) is 7.56. The smallest absolute Gasteiger partial charge is 0.242 e. The van der Waals surface area contributed by atoms with E-state index in [1.807, 2.05) is 0 Å². The van der Waals surface area contributed by atoms with Crippen LogP contribution in [0.3, 0.4) is 0 Å². The van der Waals surface area contributed by atoms with Gasteiger partial charge in [0.2, 0.25) is 15.9 Å². The number of rotatable bonds is 4. The van der Waals surface area contributed by atoms with Gasteiger partial charge in [0.15, 0.2) is 0 Å². The molecular weight excluding hydrogens is 290 g/mol. The van der Waals surface area contributed by atoms with E-state index in [0.29, 0.717) is 0 Å². The summed E-state index contributed by atoms with van der Waals surface area (Å²) in [5.41, 5.74) is 6.21. The van der Waals surface area contributed by atoms with Crippen molar-refractivity contribution in [2.24, 2.45) is 5.73 Å². The van der Waals surface area contributed by atoms with Gasteiger partial charge in [0.25, 0.3) is 0 Å². The molecule has 1 unspecified atom stereocenters. The fourth-order valence-electron chi connectivity index (χ4n) is 1.86. The van der Waals surface area contributed by atoms with E-state index in [0.717, 1.165) is 5.56 Å². The molecule has 1 heterocycles. The van der Waals surface area contributed by atoms with Crippen LogP contribution in [-0.4, -0.2) is 26.9 Å². The number of halogens is 1. The summed E-state index contributed by atoms with van der Waals surface area (Å²) in [6.07, 6.45) is 0.137. The van der Waals surface area contributed by atoms with Crippen molar-refractivity contribution < 1.29 is 13.2 Å². The molecule has 19 heavy (non-hydrogen) atoms. The summed E-state index contributed by atoms with van der Waals surface area (Å²) in [5, 5.41) is 2.68. The highest BCUT2D eigenvalue weighted by molar-refractivity contribution is 7.89. The van der Waals surface area contributed by atoms with Crippen LogP contribution in [0, 0.1) is 0 Å². The first-order valence-electron chi connectivity index (χ1n) is 5.70. The van der Waals surface area contributed by atoms with Crippen LogP contribution in [0.4, 0.5) is 0 Å². The summed E-state index contributed by atoms with van der Waals surface area (Å²) in [4.78, 5) is 11.0. The highest BCUT2D eigenvalue weighted by atomic mass is 35.5. The van der Waals surface area contributed by atoms with Gasteiger partial charge in [0, 0.05) is 25.6 Å². The first-order chi connectivity index (χ1) is 8.92. The molecule has 0 aliphatic carbocycles. The third-order valence-corrected chi connectivity index (χ3v) is 4.82. The molecule has 1 aromatic carbocycles. The van der Waals surface area contributed by atoms with Crippen molar-refractivity contribution in [3.8, 4) is 0 Å². The predicted molar refractivity (Wildman–Crippen MR) is 71.1 cm³/mol. The minimum atomic E-state index is -3.74. The lowest BCUT2D eigenvalue weighted by molar-refractivity contribution is -0.119. The van der Waals surface area contributed by atoms with Crippen molar-refractivity contribution >= 4 is 27.5 Å². The van der Waals surface area contributed by atoms with Gasteiger partial charge in [-0.2, -0.15) is 0 Å². The van der Waals surface area contributed by atoms with Crippen molar-refractivity contribution in [3.63, 3.8) is 0 Å². The molecule has 0 saturated carbocycles. The van der Waals surface area contributed by atoms with E-state index < -0.39 is 16.1 Å². The normalized spacial score (nSPS) is 19.5. The van der Waals surface area contributed by atoms with Crippen LogP contribution < -0.4 is 15.8 Å². The number of carbonyl (C=O) groups excluding carboxylic acids is 1. The van der Waals surface area contributed by atoms with Gasteiger partial charge < -0.3 is 11.1 Å². The Bertz CT molecular complexity index is 603. The third-order valence-electron chi connectivity index (χ3n) is 2.82. The molecule has 6 nitrogen and oxygen atoms in total. The summed E-state index contributed by atoms with van der Waals surface area (Å²) in [7, 11) is -3.74. The SMILES string of the molecule is NCc1ccc(S(=O)(=O)NC2CNC(=O)C2)c(Cl)c1. The van der Waals surface area contributed by atoms with Gasteiger partial charge in [0.1, 0.15) is 4.90 Å². The van der Waals surface area contributed by atoms with Crippen molar-refractivity contribution in [1.82, 2.24) is 10.0 Å². The molecule has 1 aromatic rings.